The quantitative estimate of drug-likeness (QED) is 0.645. The summed E-state index contributed by atoms with van der Waals surface area (Å²) >= 11 is 0. The van der Waals surface area contributed by atoms with Gasteiger partial charge in [0.05, 0.1) is 11.7 Å². The van der Waals surface area contributed by atoms with Crippen molar-refractivity contribution in [2.45, 2.75) is 32.2 Å². The van der Waals surface area contributed by atoms with Gasteiger partial charge in [-0.1, -0.05) is 37.3 Å². The van der Waals surface area contributed by atoms with Crippen molar-refractivity contribution in [3.05, 3.63) is 71.2 Å². The van der Waals surface area contributed by atoms with Crippen LogP contribution in [0.2, 0.25) is 0 Å². The van der Waals surface area contributed by atoms with Gasteiger partial charge in [-0.15, -0.1) is 0 Å². The first-order chi connectivity index (χ1) is 13.8. The van der Waals surface area contributed by atoms with Gasteiger partial charge in [0.1, 0.15) is 11.2 Å². The van der Waals surface area contributed by atoms with Gasteiger partial charge in [0.15, 0.2) is 0 Å². The molecule has 0 amide bonds. The minimum atomic E-state index is -2.77. The van der Waals surface area contributed by atoms with Gasteiger partial charge in [0.25, 0.3) is 0 Å². The van der Waals surface area contributed by atoms with Gasteiger partial charge >= 0.3 is 12.5 Å². The monoisotopic (exact) mass is 400 g/mol. The van der Waals surface area contributed by atoms with Crippen molar-refractivity contribution in [3.63, 3.8) is 0 Å². The molecule has 7 heteroatoms. The van der Waals surface area contributed by atoms with E-state index < -0.39 is 23.8 Å². The van der Waals surface area contributed by atoms with Gasteiger partial charge in [-0.25, -0.2) is 9.07 Å². The van der Waals surface area contributed by atoms with E-state index in [1.807, 2.05) is 6.92 Å². The van der Waals surface area contributed by atoms with Gasteiger partial charge in [0, 0.05) is 5.39 Å². The Kier molecular flexibility index (Phi) is 4.48. The van der Waals surface area contributed by atoms with Crippen molar-refractivity contribution in [2.24, 2.45) is 5.92 Å². The average Bonchev–Trinajstić information content (AvgIpc) is 3.25. The molecule has 1 aliphatic rings. The Bertz CT molecular complexity index is 1150. The fraction of sp³-hybridized carbons (Fsp3) is 0.273. The van der Waals surface area contributed by atoms with Crippen molar-refractivity contribution < 1.29 is 23.1 Å². The van der Waals surface area contributed by atoms with Crippen LogP contribution < -0.4 is 0 Å². The highest BCUT2D eigenvalue weighted by atomic mass is 19.3. The number of nitrogens with zero attached hydrogens (tertiary/aromatic N) is 2. The molecule has 2 atom stereocenters. The van der Waals surface area contributed by atoms with E-state index in [9.17, 15) is 23.1 Å². The lowest BCUT2D eigenvalue weighted by atomic mass is 9.72. The molecule has 1 aromatic heterocycles. The number of allylic oxidation sites excluding steroid dienone is 1. The third-order valence-corrected chi connectivity index (χ3v) is 5.93. The zero-order valence-electron chi connectivity index (χ0n) is 15.9. The second-order valence-corrected chi connectivity index (χ2v) is 7.50. The predicted octanol–water partition coefficient (Wildman–Crippen LogP) is 5.32. The van der Waals surface area contributed by atoms with Crippen LogP contribution >= 0.6 is 0 Å². The molecule has 1 heterocycles. The van der Waals surface area contributed by atoms with Crippen LogP contribution in [-0.2, 0) is 10.2 Å². The summed E-state index contributed by atoms with van der Waals surface area (Å²) in [6, 6.07) is 9.51. The van der Waals surface area contributed by atoms with Crippen molar-refractivity contribution in [1.29, 1.82) is 0 Å². The summed E-state index contributed by atoms with van der Waals surface area (Å²) in [7, 11) is 0. The number of aromatic nitrogens is 2. The van der Waals surface area contributed by atoms with Crippen LogP contribution in [0.15, 0.2) is 48.7 Å². The summed E-state index contributed by atoms with van der Waals surface area (Å²) in [6.07, 6.45) is 3.44. The lowest BCUT2D eigenvalue weighted by Gasteiger charge is -2.30. The van der Waals surface area contributed by atoms with E-state index in [1.165, 1.54) is 18.3 Å². The number of rotatable bonds is 4. The maximum absolute atomic E-state index is 14.2. The Morgan fingerprint density at radius 1 is 1.31 bits per heavy atom. The molecule has 2 aromatic carbocycles. The van der Waals surface area contributed by atoms with Gasteiger partial charge in [-0.2, -0.15) is 13.9 Å². The molecule has 2 unspecified atom stereocenters. The molecule has 0 bridgehead atoms. The van der Waals surface area contributed by atoms with E-state index in [4.69, 9.17) is 0 Å². The number of alkyl halides is 2. The fourth-order valence-electron chi connectivity index (χ4n) is 4.35. The lowest BCUT2D eigenvalue weighted by Crippen LogP contribution is -2.38. The number of aliphatic carboxylic acids is 1. The molecule has 0 spiro atoms. The van der Waals surface area contributed by atoms with Gasteiger partial charge in [0.2, 0.25) is 0 Å². The van der Waals surface area contributed by atoms with E-state index in [2.05, 4.69) is 5.10 Å². The minimum absolute atomic E-state index is 0.279. The SMILES string of the molecule is Cc1c(F)cccc1C1(C(=O)O)C=C(c2ccc3cnn(C(F)F)c3c2)CC1C. The molecular weight excluding hydrogens is 381 g/mol. The summed E-state index contributed by atoms with van der Waals surface area (Å²) in [5, 5.41) is 14.4. The highest BCUT2D eigenvalue weighted by Gasteiger charge is 2.49. The number of carboxylic acid groups (broad SMARTS) is 1. The van der Waals surface area contributed by atoms with Crippen molar-refractivity contribution in [3.8, 4) is 0 Å². The average molecular weight is 400 g/mol. The highest BCUT2D eigenvalue weighted by Crippen LogP contribution is 2.48. The maximum atomic E-state index is 14.2. The number of carboxylic acids is 1. The van der Waals surface area contributed by atoms with Crippen LogP contribution in [0.4, 0.5) is 13.2 Å². The Labute approximate surface area is 165 Å². The van der Waals surface area contributed by atoms with Crippen LogP contribution in [0.1, 0.15) is 36.6 Å². The number of fused-ring (bicyclic) bond motifs is 1. The second kappa shape index (κ2) is 6.76. The topological polar surface area (TPSA) is 55.1 Å². The number of hydrogen-bond donors (Lipinski definition) is 1. The molecule has 0 aliphatic heterocycles. The van der Waals surface area contributed by atoms with Crippen LogP contribution in [0, 0.1) is 18.7 Å². The third kappa shape index (κ3) is 2.84. The smallest absolute Gasteiger partial charge is 0.333 e. The highest BCUT2D eigenvalue weighted by molar-refractivity contribution is 5.92. The molecule has 150 valence electrons. The van der Waals surface area contributed by atoms with E-state index in [0.717, 1.165) is 5.57 Å². The molecule has 29 heavy (non-hydrogen) atoms. The summed E-state index contributed by atoms with van der Waals surface area (Å²) in [6.45, 7) is 0.609. The van der Waals surface area contributed by atoms with E-state index in [0.29, 0.717) is 33.2 Å². The number of benzene rings is 2. The van der Waals surface area contributed by atoms with Gasteiger partial charge in [-0.05, 0) is 53.7 Å². The molecule has 3 aromatic rings. The van der Waals surface area contributed by atoms with Crippen LogP contribution in [0.5, 0.6) is 0 Å². The zero-order valence-corrected chi connectivity index (χ0v) is 15.9. The standard InChI is InChI=1S/C22H19F3N2O2/c1-12-8-16(14-6-7-15-11-26-27(21(24)25)19(15)9-14)10-22(12,20(28)29)17-4-3-5-18(23)13(17)2/h3-7,9-12,21H,8H2,1-2H3,(H,28,29). The first kappa shape index (κ1) is 19.2. The van der Waals surface area contributed by atoms with Crippen LogP contribution in [0.3, 0.4) is 0 Å². The molecule has 0 fully saturated rings. The predicted molar refractivity (Wildman–Crippen MR) is 103 cm³/mol. The third-order valence-electron chi connectivity index (χ3n) is 5.93. The summed E-state index contributed by atoms with van der Waals surface area (Å²) < 4.78 is 41.2. The van der Waals surface area contributed by atoms with E-state index in [1.54, 1.807) is 37.3 Å². The van der Waals surface area contributed by atoms with Crippen LogP contribution in [0.25, 0.3) is 16.5 Å². The molecule has 0 saturated carbocycles. The number of hydrogen-bond acceptors (Lipinski definition) is 2. The molecular formula is C22H19F3N2O2. The van der Waals surface area contributed by atoms with Gasteiger partial charge < -0.3 is 5.11 Å². The Morgan fingerprint density at radius 2 is 2.07 bits per heavy atom. The zero-order chi connectivity index (χ0) is 20.9. The largest absolute Gasteiger partial charge is 0.480 e. The van der Waals surface area contributed by atoms with E-state index >= 15 is 0 Å². The minimum Gasteiger partial charge on any atom is -0.480 e. The summed E-state index contributed by atoms with van der Waals surface area (Å²) in [4.78, 5) is 12.4. The molecule has 1 N–H and O–H groups in total. The van der Waals surface area contributed by atoms with Crippen molar-refractivity contribution in [1.82, 2.24) is 9.78 Å². The molecule has 4 nitrogen and oxygen atoms in total. The second-order valence-electron chi connectivity index (χ2n) is 7.50. The first-order valence-electron chi connectivity index (χ1n) is 9.22. The molecule has 0 radical (unpaired) electrons. The first-order valence-corrected chi connectivity index (χ1v) is 9.22. The van der Waals surface area contributed by atoms with Crippen molar-refractivity contribution >= 4 is 22.4 Å². The Morgan fingerprint density at radius 3 is 2.76 bits per heavy atom. The van der Waals surface area contributed by atoms with Gasteiger partial charge in [-0.3, -0.25) is 4.79 Å². The fourth-order valence-corrected chi connectivity index (χ4v) is 4.35. The molecule has 1 aliphatic carbocycles. The van der Waals surface area contributed by atoms with E-state index in [-0.39, 0.29) is 11.4 Å². The Balaban J connectivity index is 1.89. The summed E-state index contributed by atoms with van der Waals surface area (Å²) in [5.41, 5.74) is 0.980. The number of halogens is 3. The Hall–Kier alpha value is -3.09. The van der Waals surface area contributed by atoms with Crippen LogP contribution in [-0.4, -0.2) is 20.9 Å². The molecule has 0 saturated heterocycles. The van der Waals surface area contributed by atoms with Crippen molar-refractivity contribution in [2.75, 3.05) is 0 Å². The molecule has 4 rings (SSSR count). The lowest BCUT2D eigenvalue weighted by molar-refractivity contribution is -0.143. The number of carbonyl (C=O) groups is 1. The summed E-state index contributed by atoms with van der Waals surface area (Å²) in [5.74, 6) is -1.86. The maximum Gasteiger partial charge on any atom is 0.333 e. The normalized spacial score (nSPS) is 21.7.